The number of anilines is 1. The monoisotopic (exact) mass is 461 g/mol. The zero-order chi connectivity index (χ0) is 24.1. The molecule has 0 aliphatic rings. The van der Waals surface area contributed by atoms with Gasteiger partial charge in [0.1, 0.15) is 23.1 Å². The number of aromatic amines is 1. The van der Waals surface area contributed by atoms with Gasteiger partial charge in [-0.3, -0.25) is 4.79 Å². The number of fused-ring (bicyclic) bond motifs is 1. The average Bonchev–Trinajstić information content (AvgIpc) is 3.30. The van der Waals surface area contributed by atoms with Crippen molar-refractivity contribution in [1.29, 1.82) is 0 Å². The summed E-state index contributed by atoms with van der Waals surface area (Å²) in [7, 11) is 4.62. The van der Waals surface area contributed by atoms with Crippen molar-refractivity contribution in [2.24, 2.45) is 0 Å². The van der Waals surface area contributed by atoms with E-state index in [1.165, 1.54) is 14.2 Å². The molecule has 0 radical (unpaired) electrons. The highest BCUT2D eigenvalue weighted by atomic mass is 16.5. The van der Waals surface area contributed by atoms with Gasteiger partial charge in [-0.05, 0) is 54.6 Å². The maximum atomic E-state index is 12.5. The van der Waals surface area contributed by atoms with Gasteiger partial charge in [0, 0.05) is 11.6 Å². The molecule has 1 aromatic heterocycles. The maximum Gasteiger partial charge on any atom is 0.338 e. The lowest BCUT2D eigenvalue weighted by atomic mass is 10.2. The summed E-state index contributed by atoms with van der Waals surface area (Å²) >= 11 is 0. The third-order valence-corrected chi connectivity index (χ3v) is 5.10. The molecule has 9 nitrogen and oxygen atoms in total. The van der Waals surface area contributed by atoms with E-state index in [0.717, 1.165) is 11.3 Å². The van der Waals surface area contributed by atoms with E-state index in [0.29, 0.717) is 39.6 Å². The smallest absolute Gasteiger partial charge is 0.338 e. The molecule has 0 fully saturated rings. The number of rotatable bonds is 8. The molecule has 0 saturated heterocycles. The molecule has 4 aromatic rings. The van der Waals surface area contributed by atoms with E-state index in [1.807, 2.05) is 24.3 Å². The first-order chi connectivity index (χ1) is 16.5. The zero-order valence-corrected chi connectivity index (χ0v) is 18.9. The number of H-pyrrole nitrogens is 1. The van der Waals surface area contributed by atoms with Gasteiger partial charge in [0.2, 0.25) is 0 Å². The molecule has 0 spiro atoms. The van der Waals surface area contributed by atoms with E-state index in [2.05, 4.69) is 15.3 Å². The van der Waals surface area contributed by atoms with E-state index in [1.54, 1.807) is 43.5 Å². The van der Waals surface area contributed by atoms with Crippen molar-refractivity contribution in [3.8, 4) is 28.6 Å². The number of hydrogen-bond donors (Lipinski definition) is 2. The summed E-state index contributed by atoms with van der Waals surface area (Å²) in [4.78, 5) is 32.6. The number of nitrogens with zero attached hydrogens (tertiary/aromatic N) is 1. The zero-order valence-electron chi connectivity index (χ0n) is 18.9. The van der Waals surface area contributed by atoms with Crippen LogP contribution in [0.2, 0.25) is 0 Å². The number of hydrogen-bond acceptors (Lipinski definition) is 7. The SMILES string of the molecule is COc1ccc(-c2nc3ccc(C(=O)OCC(=O)Nc4cc(OC)ccc4OC)cc3[nH]2)cc1. The fraction of sp³-hybridized carbons (Fsp3) is 0.160. The van der Waals surface area contributed by atoms with Gasteiger partial charge in [0.05, 0.1) is 43.6 Å². The van der Waals surface area contributed by atoms with Crippen LogP contribution >= 0.6 is 0 Å². The minimum atomic E-state index is -0.629. The van der Waals surface area contributed by atoms with Crippen LogP contribution in [0, 0.1) is 0 Å². The maximum absolute atomic E-state index is 12.5. The van der Waals surface area contributed by atoms with Gasteiger partial charge < -0.3 is 29.2 Å². The molecule has 9 heteroatoms. The van der Waals surface area contributed by atoms with Gasteiger partial charge in [-0.15, -0.1) is 0 Å². The lowest BCUT2D eigenvalue weighted by molar-refractivity contribution is -0.119. The second-order valence-corrected chi connectivity index (χ2v) is 7.24. The Balaban J connectivity index is 1.42. The minimum Gasteiger partial charge on any atom is -0.497 e. The van der Waals surface area contributed by atoms with Crippen LogP contribution in [0.25, 0.3) is 22.4 Å². The second-order valence-electron chi connectivity index (χ2n) is 7.24. The molecule has 0 aliphatic carbocycles. The van der Waals surface area contributed by atoms with Gasteiger partial charge in [-0.2, -0.15) is 0 Å². The summed E-state index contributed by atoms with van der Waals surface area (Å²) in [5, 5.41) is 2.66. The molecule has 0 unspecified atom stereocenters. The summed E-state index contributed by atoms with van der Waals surface area (Å²) in [5.74, 6) is 1.28. The highest BCUT2D eigenvalue weighted by Crippen LogP contribution is 2.29. The number of amides is 1. The van der Waals surface area contributed by atoms with Crippen LogP contribution in [-0.2, 0) is 9.53 Å². The molecule has 4 rings (SSSR count). The van der Waals surface area contributed by atoms with E-state index in [4.69, 9.17) is 18.9 Å². The van der Waals surface area contributed by atoms with Crippen molar-refractivity contribution in [1.82, 2.24) is 9.97 Å². The number of nitrogens with one attached hydrogen (secondary N) is 2. The summed E-state index contributed by atoms with van der Waals surface area (Å²) < 4.78 is 20.8. The lowest BCUT2D eigenvalue weighted by Crippen LogP contribution is -2.21. The van der Waals surface area contributed by atoms with Crippen LogP contribution in [-0.4, -0.2) is 49.8 Å². The number of esters is 1. The predicted molar refractivity (Wildman–Crippen MR) is 127 cm³/mol. The van der Waals surface area contributed by atoms with Gasteiger partial charge >= 0.3 is 5.97 Å². The van der Waals surface area contributed by atoms with E-state index in [-0.39, 0.29) is 0 Å². The van der Waals surface area contributed by atoms with Gasteiger partial charge in [-0.25, -0.2) is 9.78 Å². The van der Waals surface area contributed by atoms with E-state index >= 15 is 0 Å². The normalized spacial score (nSPS) is 10.6. The Morgan fingerprint density at radius 1 is 0.882 bits per heavy atom. The Kier molecular flexibility index (Phi) is 6.63. The Hall–Kier alpha value is -4.53. The molecule has 0 saturated carbocycles. The average molecular weight is 461 g/mol. The number of benzene rings is 3. The fourth-order valence-corrected chi connectivity index (χ4v) is 3.33. The van der Waals surface area contributed by atoms with Crippen LogP contribution in [0.15, 0.2) is 60.7 Å². The highest BCUT2D eigenvalue weighted by molar-refractivity contribution is 5.98. The minimum absolute atomic E-state index is 0.296. The summed E-state index contributed by atoms with van der Waals surface area (Å²) in [6, 6.07) is 17.4. The molecule has 1 heterocycles. The third-order valence-electron chi connectivity index (χ3n) is 5.10. The van der Waals surface area contributed by atoms with Crippen LogP contribution in [0.1, 0.15) is 10.4 Å². The van der Waals surface area contributed by atoms with Crippen molar-refractivity contribution in [2.75, 3.05) is 33.3 Å². The molecule has 0 bridgehead atoms. The molecule has 34 heavy (non-hydrogen) atoms. The number of carbonyl (C=O) groups is 2. The van der Waals surface area contributed by atoms with Crippen molar-refractivity contribution in [3.05, 3.63) is 66.2 Å². The first-order valence-electron chi connectivity index (χ1n) is 10.3. The molecular formula is C25H23N3O6. The van der Waals surface area contributed by atoms with E-state index in [9.17, 15) is 9.59 Å². The van der Waals surface area contributed by atoms with Crippen molar-refractivity contribution in [3.63, 3.8) is 0 Å². The molecule has 0 aliphatic heterocycles. The van der Waals surface area contributed by atoms with Crippen molar-refractivity contribution < 1.29 is 28.5 Å². The number of aromatic nitrogens is 2. The van der Waals surface area contributed by atoms with Gasteiger partial charge in [0.15, 0.2) is 6.61 Å². The summed E-state index contributed by atoms with van der Waals surface area (Å²) in [6.45, 7) is -0.461. The van der Waals surface area contributed by atoms with Gasteiger partial charge in [0.25, 0.3) is 5.91 Å². The number of imidazole rings is 1. The van der Waals surface area contributed by atoms with Crippen LogP contribution < -0.4 is 19.5 Å². The number of methoxy groups -OCH3 is 3. The van der Waals surface area contributed by atoms with Crippen LogP contribution in [0.3, 0.4) is 0 Å². The van der Waals surface area contributed by atoms with Crippen LogP contribution in [0.4, 0.5) is 5.69 Å². The first-order valence-corrected chi connectivity index (χ1v) is 10.3. The Morgan fingerprint density at radius 3 is 2.32 bits per heavy atom. The largest absolute Gasteiger partial charge is 0.497 e. The van der Waals surface area contributed by atoms with Crippen molar-refractivity contribution >= 4 is 28.6 Å². The number of ether oxygens (including phenoxy) is 4. The fourth-order valence-electron chi connectivity index (χ4n) is 3.33. The molecular weight excluding hydrogens is 438 g/mol. The Morgan fingerprint density at radius 2 is 1.62 bits per heavy atom. The summed E-state index contributed by atoms with van der Waals surface area (Å²) in [6.07, 6.45) is 0. The topological polar surface area (TPSA) is 112 Å². The Bertz CT molecular complexity index is 1330. The van der Waals surface area contributed by atoms with E-state index < -0.39 is 18.5 Å². The molecule has 2 N–H and O–H groups in total. The van der Waals surface area contributed by atoms with Crippen LogP contribution in [0.5, 0.6) is 17.2 Å². The standard InChI is InChI=1S/C25H23N3O6/c1-31-17-7-4-15(5-8-17)24-27-19-10-6-16(12-20(19)28-24)25(30)34-14-23(29)26-21-13-18(32-2)9-11-22(21)33-3/h4-13H,14H2,1-3H3,(H,26,29)(H,27,28). The Labute approximate surface area is 195 Å². The highest BCUT2D eigenvalue weighted by Gasteiger charge is 2.15. The second kappa shape index (κ2) is 9.95. The molecule has 0 atom stereocenters. The number of carbonyl (C=O) groups excluding carboxylic acids is 2. The molecule has 1 amide bonds. The third kappa shape index (κ3) is 4.93. The predicted octanol–water partition coefficient (Wildman–Crippen LogP) is 4.05. The van der Waals surface area contributed by atoms with Crippen molar-refractivity contribution in [2.45, 2.75) is 0 Å². The molecule has 174 valence electrons. The lowest BCUT2D eigenvalue weighted by Gasteiger charge is -2.12. The first kappa shape index (κ1) is 22.7. The quantitative estimate of drug-likeness (QED) is 0.381. The summed E-state index contributed by atoms with van der Waals surface area (Å²) in [5.41, 5.74) is 2.96. The molecule has 3 aromatic carbocycles. The van der Waals surface area contributed by atoms with Gasteiger partial charge in [-0.1, -0.05) is 0 Å².